The number of amides is 1. The maximum absolute atomic E-state index is 11.6. The molecule has 0 radical (unpaired) electrons. The molecule has 4 nitrogen and oxygen atoms in total. The summed E-state index contributed by atoms with van der Waals surface area (Å²) in [4.78, 5) is 11.6. The highest BCUT2D eigenvalue weighted by molar-refractivity contribution is 5.68. The first-order valence-corrected chi connectivity index (χ1v) is 7.25. The van der Waals surface area contributed by atoms with E-state index < -0.39 is 17.7 Å². The first-order valence-electron chi connectivity index (χ1n) is 7.25. The Bertz CT molecular complexity index is 467. The van der Waals surface area contributed by atoms with Crippen LogP contribution in [0, 0.1) is 18.3 Å². The zero-order valence-electron chi connectivity index (χ0n) is 13.9. The number of aryl methyl sites for hydroxylation is 1. The van der Waals surface area contributed by atoms with Crippen molar-refractivity contribution < 1.29 is 9.53 Å². The van der Waals surface area contributed by atoms with E-state index in [4.69, 9.17) is 10.00 Å². The Morgan fingerprint density at radius 2 is 1.81 bits per heavy atom. The molecule has 21 heavy (non-hydrogen) atoms. The number of carbonyl (C=O) groups is 1. The van der Waals surface area contributed by atoms with Crippen LogP contribution in [0.2, 0.25) is 0 Å². The Morgan fingerprint density at radius 1 is 1.29 bits per heavy atom. The van der Waals surface area contributed by atoms with Crippen molar-refractivity contribution in [3.8, 4) is 6.07 Å². The topological polar surface area (TPSA) is 62.1 Å². The lowest BCUT2D eigenvalue weighted by Crippen LogP contribution is -2.39. The lowest BCUT2D eigenvalue weighted by molar-refractivity contribution is 0.0516. The number of nitrogens with one attached hydrogen (secondary N) is 1. The minimum absolute atomic E-state index is 0.468. The van der Waals surface area contributed by atoms with Crippen LogP contribution >= 0.6 is 0 Å². The highest BCUT2D eigenvalue weighted by atomic mass is 16.6. The lowest BCUT2D eigenvalue weighted by atomic mass is 10.1. The van der Waals surface area contributed by atoms with Crippen LogP contribution in [0.5, 0.6) is 0 Å². The van der Waals surface area contributed by atoms with Gasteiger partial charge in [0.1, 0.15) is 11.6 Å². The summed E-state index contributed by atoms with van der Waals surface area (Å²) in [5, 5.41) is 11.6. The van der Waals surface area contributed by atoms with E-state index in [9.17, 15) is 4.79 Å². The number of hydrogen-bond donors (Lipinski definition) is 1. The van der Waals surface area contributed by atoms with Crippen LogP contribution in [0.4, 0.5) is 4.79 Å². The van der Waals surface area contributed by atoms with Gasteiger partial charge >= 0.3 is 6.09 Å². The van der Waals surface area contributed by atoms with Crippen molar-refractivity contribution in [2.45, 2.75) is 59.6 Å². The van der Waals surface area contributed by atoms with E-state index in [-0.39, 0.29) is 0 Å². The third-order valence-corrected chi connectivity index (χ3v) is 2.41. The second-order valence-corrected chi connectivity index (χ2v) is 5.52. The number of ether oxygens (including phenoxy) is 1. The van der Waals surface area contributed by atoms with Crippen molar-refractivity contribution in [1.82, 2.24) is 5.32 Å². The van der Waals surface area contributed by atoms with Gasteiger partial charge in [-0.3, -0.25) is 0 Å². The summed E-state index contributed by atoms with van der Waals surface area (Å²) in [6.45, 7) is 11.4. The van der Waals surface area contributed by atoms with E-state index >= 15 is 0 Å². The minimum Gasteiger partial charge on any atom is -0.444 e. The minimum atomic E-state index is -0.586. The maximum atomic E-state index is 11.6. The van der Waals surface area contributed by atoms with Crippen molar-refractivity contribution in [1.29, 1.82) is 5.26 Å². The fourth-order valence-electron chi connectivity index (χ4n) is 1.54. The Balaban J connectivity index is 0.00000191. The molecule has 1 rings (SSSR count). The monoisotopic (exact) mass is 290 g/mol. The van der Waals surface area contributed by atoms with E-state index in [2.05, 4.69) is 11.4 Å². The molecule has 1 aromatic rings. The largest absolute Gasteiger partial charge is 0.444 e. The van der Waals surface area contributed by atoms with Gasteiger partial charge in [-0.2, -0.15) is 5.26 Å². The van der Waals surface area contributed by atoms with Gasteiger partial charge in [-0.1, -0.05) is 43.7 Å². The van der Waals surface area contributed by atoms with Crippen LogP contribution in [-0.4, -0.2) is 17.7 Å². The van der Waals surface area contributed by atoms with Crippen LogP contribution < -0.4 is 5.32 Å². The normalized spacial score (nSPS) is 11.5. The van der Waals surface area contributed by atoms with Crippen LogP contribution in [0.15, 0.2) is 24.3 Å². The van der Waals surface area contributed by atoms with Gasteiger partial charge in [-0.25, -0.2) is 4.79 Å². The quantitative estimate of drug-likeness (QED) is 0.915. The third kappa shape index (κ3) is 8.69. The summed E-state index contributed by atoms with van der Waals surface area (Å²) >= 11 is 0. The average molecular weight is 290 g/mol. The fraction of sp³-hybridized carbons (Fsp3) is 0.529. The van der Waals surface area contributed by atoms with E-state index in [1.165, 1.54) is 0 Å². The van der Waals surface area contributed by atoms with Gasteiger partial charge < -0.3 is 10.1 Å². The number of hydrogen-bond acceptors (Lipinski definition) is 3. The predicted molar refractivity (Wildman–Crippen MR) is 85.0 cm³/mol. The molecular formula is C17H26N2O2. The fourth-order valence-corrected chi connectivity index (χ4v) is 1.54. The molecule has 1 atom stereocenters. The molecule has 0 bridgehead atoms. The number of benzene rings is 1. The highest BCUT2D eigenvalue weighted by Crippen LogP contribution is 2.09. The van der Waals surface area contributed by atoms with Gasteiger partial charge in [0.2, 0.25) is 0 Å². The van der Waals surface area contributed by atoms with Crippen molar-refractivity contribution in [3.63, 3.8) is 0 Å². The summed E-state index contributed by atoms with van der Waals surface area (Å²) in [6, 6.07) is 9.36. The Morgan fingerprint density at radius 3 is 2.24 bits per heavy atom. The standard InChI is InChI=1S/C15H20N2O2.C2H6/c1-11-5-7-12(8-6-11)9-13(10-16)17-14(18)19-15(2,3)4;1-2/h5-8,13H,9H2,1-4H3,(H,17,18);1-2H3. The van der Waals surface area contributed by atoms with Crippen molar-refractivity contribution in [2.24, 2.45) is 0 Å². The lowest BCUT2D eigenvalue weighted by Gasteiger charge is -2.21. The van der Waals surface area contributed by atoms with Gasteiger partial charge in [0.05, 0.1) is 6.07 Å². The summed E-state index contributed by atoms with van der Waals surface area (Å²) in [5.41, 5.74) is 1.61. The summed E-state index contributed by atoms with van der Waals surface area (Å²) in [5.74, 6) is 0. The van der Waals surface area contributed by atoms with Gasteiger partial charge in [0.25, 0.3) is 0 Å². The predicted octanol–water partition coefficient (Wildman–Crippen LogP) is 3.98. The molecule has 0 aromatic heterocycles. The molecule has 4 heteroatoms. The second-order valence-electron chi connectivity index (χ2n) is 5.52. The van der Waals surface area contributed by atoms with E-state index in [1.54, 1.807) is 20.8 Å². The van der Waals surface area contributed by atoms with Gasteiger partial charge in [0.15, 0.2) is 0 Å². The molecule has 0 fully saturated rings. The van der Waals surface area contributed by atoms with E-state index in [0.717, 1.165) is 11.1 Å². The van der Waals surface area contributed by atoms with Crippen LogP contribution in [-0.2, 0) is 11.2 Å². The van der Waals surface area contributed by atoms with E-state index in [0.29, 0.717) is 6.42 Å². The molecule has 1 aromatic carbocycles. The summed E-state index contributed by atoms with van der Waals surface area (Å²) < 4.78 is 5.13. The van der Waals surface area contributed by atoms with E-state index in [1.807, 2.05) is 45.0 Å². The second kappa shape index (κ2) is 9.02. The molecule has 0 aliphatic rings. The Kier molecular flexibility index (Phi) is 8.15. The Labute approximate surface area is 128 Å². The van der Waals surface area contributed by atoms with Crippen LogP contribution in [0.25, 0.3) is 0 Å². The smallest absolute Gasteiger partial charge is 0.408 e. The average Bonchev–Trinajstić information content (AvgIpc) is 2.40. The molecule has 0 saturated heterocycles. The molecule has 1 N–H and O–H groups in total. The van der Waals surface area contributed by atoms with Crippen LogP contribution in [0.3, 0.4) is 0 Å². The van der Waals surface area contributed by atoms with Crippen molar-refractivity contribution in [3.05, 3.63) is 35.4 Å². The molecule has 0 aliphatic carbocycles. The first kappa shape index (κ1) is 19.0. The highest BCUT2D eigenvalue weighted by Gasteiger charge is 2.19. The molecule has 1 amide bonds. The summed E-state index contributed by atoms with van der Waals surface area (Å²) in [6.07, 6.45) is -0.0955. The van der Waals surface area contributed by atoms with Gasteiger partial charge in [-0.15, -0.1) is 0 Å². The third-order valence-electron chi connectivity index (χ3n) is 2.41. The molecule has 1 unspecified atom stereocenters. The number of carbonyl (C=O) groups excluding carboxylic acids is 1. The SMILES string of the molecule is CC.Cc1ccc(CC(C#N)NC(=O)OC(C)(C)C)cc1. The number of nitriles is 1. The molecule has 0 saturated carbocycles. The first-order chi connectivity index (χ1) is 9.80. The summed E-state index contributed by atoms with van der Waals surface area (Å²) in [7, 11) is 0. The maximum Gasteiger partial charge on any atom is 0.408 e. The number of alkyl carbamates (subject to hydrolysis) is 1. The number of nitrogens with zero attached hydrogens (tertiary/aromatic N) is 1. The van der Waals surface area contributed by atoms with Gasteiger partial charge in [0, 0.05) is 6.42 Å². The molecular weight excluding hydrogens is 264 g/mol. The van der Waals surface area contributed by atoms with Gasteiger partial charge in [-0.05, 0) is 33.3 Å². The number of rotatable bonds is 3. The molecule has 0 spiro atoms. The zero-order chi connectivity index (χ0) is 16.5. The van der Waals surface area contributed by atoms with Crippen LogP contribution in [0.1, 0.15) is 45.7 Å². The Hall–Kier alpha value is -2.02. The molecule has 116 valence electrons. The zero-order valence-corrected chi connectivity index (χ0v) is 13.9. The molecule has 0 aliphatic heterocycles. The molecule has 0 heterocycles. The van der Waals surface area contributed by atoms with Crippen molar-refractivity contribution >= 4 is 6.09 Å². The van der Waals surface area contributed by atoms with Crippen molar-refractivity contribution in [2.75, 3.05) is 0 Å².